The molecule has 2 rings (SSSR count). The van der Waals surface area contributed by atoms with Gasteiger partial charge in [-0.25, -0.2) is 4.39 Å². The van der Waals surface area contributed by atoms with Gasteiger partial charge in [-0.05, 0) is 50.9 Å². The van der Waals surface area contributed by atoms with Crippen molar-refractivity contribution in [1.82, 2.24) is 5.32 Å². The van der Waals surface area contributed by atoms with Gasteiger partial charge in [0.25, 0.3) is 0 Å². The van der Waals surface area contributed by atoms with Crippen molar-refractivity contribution in [2.24, 2.45) is 0 Å². The first-order chi connectivity index (χ1) is 9.15. The normalized spacial score (nSPS) is 21.7. The molecule has 1 heterocycles. The Morgan fingerprint density at radius 3 is 3.11 bits per heavy atom. The van der Waals surface area contributed by atoms with Gasteiger partial charge >= 0.3 is 0 Å². The number of rotatable bonds is 4. The van der Waals surface area contributed by atoms with Gasteiger partial charge in [-0.15, -0.1) is 0 Å². The highest BCUT2D eigenvalue weighted by atomic mass is 79.9. The van der Waals surface area contributed by atoms with E-state index in [1.807, 2.05) is 0 Å². The summed E-state index contributed by atoms with van der Waals surface area (Å²) in [6, 6.07) is 5.83. The van der Waals surface area contributed by atoms with Crippen LogP contribution in [0.3, 0.4) is 0 Å². The third-order valence-electron chi connectivity index (χ3n) is 3.63. The summed E-state index contributed by atoms with van der Waals surface area (Å²) in [6.07, 6.45) is 6.17. The Hall–Kier alpha value is -0.610. The zero-order chi connectivity index (χ0) is 13.7. The van der Waals surface area contributed by atoms with Crippen LogP contribution in [0.1, 0.15) is 39.0 Å². The van der Waals surface area contributed by atoms with E-state index < -0.39 is 0 Å². The highest BCUT2D eigenvalue weighted by Gasteiger charge is 2.15. The lowest BCUT2D eigenvalue weighted by atomic mass is 10.0. The largest absolute Gasteiger partial charge is 0.380 e. The lowest BCUT2D eigenvalue weighted by molar-refractivity contribution is 0.455. The molecule has 1 fully saturated rings. The van der Waals surface area contributed by atoms with Crippen LogP contribution in [-0.2, 0) is 0 Å². The van der Waals surface area contributed by atoms with E-state index in [9.17, 15) is 4.39 Å². The van der Waals surface area contributed by atoms with Gasteiger partial charge in [0.05, 0.1) is 5.69 Å². The summed E-state index contributed by atoms with van der Waals surface area (Å²) in [7, 11) is 0. The number of benzene rings is 1. The van der Waals surface area contributed by atoms with Gasteiger partial charge in [-0.2, -0.15) is 0 Å². The van der Waals surface area contributed by atoms with Crippen molar-refractivity contribution in [1.29, 1.82) is 0 Å². The van der Waals surface area contributed by atoms with Crippen LogP contribution in [0.5, 0.6) is 0 Å². The number of hydrogen-bond donors (Lipinski definition) is 2. The van der Waals surface area contributed by atoms with E-state index in [2.05, 4.69) is 33.5 Å². The topological polar surface area (TPSA) is 24.1 Å². The van der Waals surface area contributed by atoms with Gasteiger partial charge in [0.15, 0.2) is 0 Å². The molecule has 1 aliphatic heterocycles. The Morgan fingerprint density at radius 2 is 2.26 bits per heavy atom. The first-order valence-electron chi connectivity index (χ1n) is 7.10. The summed E-state index contributed by atoms with van der Waals surface area (Å²) in [6.45, 7) is 3.23. The van der Waals surface area contributed by atoms with Gasteiger partial charge in [-0.3, -0.25) is 0 Å². The van der Waals surface area contributed by atoms with E-state index in [1.165, 1.54) is 31.7 Å². The molecular weight excluding hydrogens is 307 g/mol. The van der Waals surface area contributed by atoms with Gasteiger partial charge in [-0.1, -0.05) is 28.8 Å². The first-order valence-corrected chi connectivity index (χ1v) is 7.89. The standard InChI is InChI=1S/C15H22BrFN2/c1-11(9-13-5-3-2-4-8-18-13)19-15-10-12(16)6-7-14(15)17/h6-7,10-11,13,18-19H,2-5,8-9H2,1H3. The van der Waals surface area contributed by atoms with E-state index in [4.69, 9.17) is 0 Å². The molecule has 0 spiro atoms. The molecule has 4 heteroatoms. The maximum absolute atomic E-state index is 13.7. The maximum atomic E-state index is 13.7. The van der Waals surface area contributed by atoms with Crippen molar-refractivity contribution < 1.29 is 4.39 Å². The molecule has 1 aromatic carbocycles. The maximum Gasteiger partial charge on any atom is 0.146 e. The molecule has 1 saturated heterocycles. The Bertz CT molecular complexity index is 403. The summed E-state index contributed by atoms with van der Waals surface area (Å²) in [5.41, 5.74) is 0.579. The van der Waals surface area contributed by atoms with Gasteiger partial charge in [0.2, 0.25) is 0 Å². The molecule has 2 nitrogen and oxygen atoms in total. The first kappa shape index (κ1) is 14.8. The molecule has 2 N–H and O–H groups in total. The van der Waals surface area contributed by atoms with E-state index in [1.54, 1.807) is 12.1 Å². The van der Waals surface area contributed by atoms with E-state index in [-0.39, 0.29) is 11.9 Å². The van der Waals surface area contributed by atoms with Gasteiger partial charge in [0.1, 0.15) is 5.82 Å². The van der Waals surface area contributed by atoms with Crippen molar-refractivity contribution in [2.45, 2.75) is 51.1 Å². The van der Waals surface area contributed by atoms with Gasteiger partial charge < -0.3 is 10.6 Å². The fourth-order valence-corrected chi connectivity index (χ4v) is 3.02. The van der Waals surface area contributed by atoms with E-state index >= 15 is 0 Å². The number of halogens is 2. The zero-order valence-corrected chi connectivity index (χ0v) is 13.0. The SMILES string of the molecule is CC(CC1CCCCCN1)Nc1cc(Br)ccc1F. The van der Waals surface area contributed by atoms with E-state index in [0.29, 0.717) is 11.7 Å². The highest BCUT2D eigenvalue weighted by Crippen LogP contribution is 2.22. The molecule has 106 valence electrons. The second-order valence-corrected chi connectivity index (χ2v) is 6.32. The Kier molecular flexibility index (Phi) is 5.64. The molecule has 0 radical (unpaired) electrons. The third kappa shape index (κ3) is 4.77. The molecule has 0 aromatic heterocycles. The number of nitrogens with one attached hydrogen (secondary N) is 2. The minimum absolute atomic E-state index is 0.191. The van der Waals surface area contributed by atoms with Crippen LogP contribution in [-0.4, -0.2) is 18.6 Å². The molecular formula is C15H22BrFN2. The van der Waals surface area contributed by atoms with Gasteiger partial charge in [0, 0.05) is 16.6 Å². The van der Waals surface area contributed by atoms with Crippen LogP contribution >= 0.6 is 15.9 Å². The predicted octanol–water partition coefficient (Wildman–Crippen LogP) is 4.31. The summed E-state index contributed by atoms with van der Waals surface area (Å²) < 4.78 is 14.6. The van der Waals surface area contributed by atoms with Crippen LogP contribution in [0.15, 0.2) is 22.7 Å². The lowest BCUT2D eigenvalue weighted by Gasteiger charge is -2.22. The molecule has 0 bridgehead atoms. The van der Waals surface area contributed by atoms with Crippen molar-refractivity contribution in [3.63, 3.8) is 0 Å². The Morgan fingerprint density at radius 1 is 1.42 bits per heavy atom. The van der Waals surface area contributed by atoms with Crippen molar-refractivity contribution in [3.8, 4) is 0 Å². The second-order valence-electron chi connectivity index (χ2n) is 5.41. The fraction of sp³-hybridized carbons (Fsp3) is 0.600. The molecule has 1 aromatic rings. The molecule has 2 atom stereocenters. The van der Waals surface area contributed by atoms with E-state index in [0.717, 1.165) is 17.4 Å². The molecule has 2 unspecified atom stereocenters. The lowest BCUT2D eigenvalue weighted by Crippen LogP contribution is -2.33. The predicted molar refractivity (Wildman–Crippen MR) is 82.1 cm³/mol. The number of hydrogen-bond acceptors (Lipinski definition) is 2. The Balaban J connectivity index is 1.89. The number of anilines is 1. The quantitative estimate of drug-likeness (QED) is 0.860. The zero-order valence-electron chi connectivity index (χ0n) is 11.4. The average Bonchev–Trinajstić information content (AvgIpc) is 2.62. The minimum Gasteiger partial charge on any atom is -0.380 e. The Labute approximate surface area is 123 Å². The van der Waals surface area contributed by atoms with Crippen molar-refractivity contribution >= 4 is 21.6 Å². The van der Waals surface area contributed by atoms with Crippen LogP contribution in [0.2, 0.25) is 0 Å². The molecule has 19 heavy (non-hydrogen) atoms. The highest BCUT2D eigenvalue weighted by molar-refractivity contribution is 9.10. The van der Waals surface area contributed by atoms with Crippen LogP contribution in [0, 0.1) is 5.82 Å². The summed E-state index contributed by atoms with van der Waals surface area (Å²) >= 11 is 3.38. The van der Waals surface area contributed by atoms with Crippen LogP contribution in [0.4, 0.5) is 10.1 Å². The molecule has 1 aliphatic rings. The fourth-order valence-electron chi connectivity index (χ4n) is 2.66. The average molecular weight is 329 g/mol. The molecule has 0 saturated carbocycles. The van der Waals surface area contributed by atoms with Crippen molar-refractivity contribution in [2.75, 3.05) is 11.9 Å². The summed E-state index contributed by atoms with van der Waals surface area (Å²) in [4.78, 5) is 0. The van der Waals surface area contributed by atoms with Crippen LogP contribution in [0.25, 0.3) is 0 Å². The summed E-state index contributed by atoms with van der Waals surface area (Å²) in [5.74, 6) is -0.191. The summed E-state index contributed by atoms with van der Waals surface area (Å²) in [5, 5.41) is 6.85. The third-order valence-corrected chi connectivity index (χ3v) is 4.12. The molecule has 0 amide bonds. The van der Waals surface area contributed by atoms with Crippen molar-refractivity contribution in [3.05, 3.63) is 28.5 Å². The monoisotopic (exact) mass is 328 g/mol. The minimum atomic E-state index is -0.191. The molecule has 0 aliphatic carbocycles. The smallest absolute Gasteiger partial charge is 0.146 e. The van der Waals surface area contributed by atoms with Crippen LogP contribution < -0.4 is 10.6 Å². The second kappa shape index (κ2) is 7.25.